The predicted octanol–water partition coefficient (Wildman–Crippen LogP) is 0.813. The summed E-state index contributed by atoms with van der Waals surface area (Å²) in [7, 11) is 0. The number of carbonyl (C=O) groups excluding carboxylic acids is 1. The summed E-state index contributed by atoms with van der Waals surface area (Å²) >= 11 is 0. The Hall–Kier alpha value is -1.83. The maximum absolute atomic E-state index is 13.4. The minimum absolute atomic E-state index is 0.00919. The molecule has 122 valence electrons. The average Bonchev–Trinajstić information content (AvgIpc) is 2.58. The zero-order valence-electron chi connectivity index (χ0n) is 12.6. The molecule has 0 saturated carbocycles. The average molecular weight is 315 g/mol. The van der Waals surface area contributed by atoms with Crippen molar-refractivity contribution in [3.8, 4) is 0 Å². The minimum atomic E-state index is -3.04. The molecule has 1 aromatic heterocycles. The van der Waals surface area contributed by atoms with Gasteiger partial charge in [0.25, 0.3) is 11.5 Å². The van der Waals surface area contributed by atoms with Gasteiger partial charge in [0.05, 0.1) is 13.2 Å². The highest BCUT2D eigenvalue weighted by Crippen LogP contribution is 2.19. The Morgan fingerprint density at radius 2 is 2.18 bits per heavy atom. The van der Waals surface area contributed by atoms with E-state index in [0.717, 1.165) is 4.90 Å². The topological polar surface area (TPSA) is 75.3 Å². The fourth-order valence-electron chi connectivity index (χ4n) is 2.45. The number of alkyl halides is 2. The Labute approximate surface area is 126 Å². The van der Waals surface area contributed by atoms with Gasteiger partial charge in [0.2, 0.25) is 5.91 Å². The zero-order chi connectivity index (χ0) is 16.3. The van der Waals surface area contributed by atoms with Crippen LogP contribution in [0.2, 0.25) is 0 Å². The number of halogens is 2. The van der Waals surface area contributed by atoms with Crippen molar-refractivity contribution >= 4 is 5.91 Å². The van der Waals surface area contributed by atoms with Gasteiger partial charge in [-0.3, -0.25) is 9.59 Å². The van der Waals surface area contributed by atoms with Gasteiger partial charge in [-0.1, -0.05) is 0 Å². The van der Waals surface area contributed by atoms with Crippen molar-refractivity contribution in [3.05, 3.63) is 27.4 Å². The van der Waals surface area contributed by atoms with Gasteiger partial charge in [-0.2, -0.15) is 0 Å². The number of aryl methyl sites for hydroxylation is 2. The first-order chi connectivity index (χ1) is 10.3. The maximum atomic E-state index is 13.4. The third-order valence-electron chi connectivity index (χ3n) is 3.52. The molecule has 0 unspecified atom stereocenters. The Morgan fingerprint density at radius 1 is 1.45 bits per heavy atom. The Bertz CT molecular complexity index is 616. The summed E-state index contributed by atoms with van der Waals surface area (Å²) in [5, 5.41) is 0. The van der Waals surface area contributed by atoms with Crippen molar-refractivity contribution in [2.24, 2.45) is 0 Å². The molecule has 0 aliphatic carbocycles. The first kappa shape index (κ1) is 16.5. The highest BCUT2D eigenvalue weighted by atomic mass is 19.3. The van der Waals surface area contributed by atoms with Crippen molar-refractivity contribution in [2.75, 3.05) is 26.3 Å². The van der Waals surface area contributed by atoms with Gasteiger partial charge in [-0.05, 0) is 20.3 Å². The lowest BCUT2D eigenvalue weighted by Crippen LogP contribution is -2.41. The number of nitrogens with one attached hydrogen (secondary N) is 1. The number of rotatable bonds is 3. The van der Waals surface area contributed by atoms with Crippen LogP contribution in [0.5, 0.6) is 0 Å². The van der Waals surface area contributed by atoms with E-state index in [9.17, 15) is 18.4 Å². The first-order valence-electron chi connectivity index (χ1n) is 7.08. The lowest BCUT2D eigenvalue weighted by Gasteiger charge is -2.23. The molecule has 1 fully saturated rings. The summed E-state index contributed by atoms with van der Waals surface area (Å²) in [4.78, 5) is 31.8. The smallest absolute Gasteiger partial charge is 0.288 e. The second-order valence-corrected chi connectivity index (χ2v) is 5.44. The molecule has 8 heteroatoms. The van der Waals surface area contributed by atoms with Crippen LogP contribution in [0.4, 0.5) is 8.78 Å². The highest BCUT2D eigenvalue weighted by Gasteiger charge is 2.36. The molecule has 0 radical (unpaired) electrons. The van der Waals surface area contributed by atoms with E-state index >= 15 is 0 Å². The SMILES string of the molecule is Cc1nc(C)c(CCC(=O)N2CCOCC(F)(F)C2)c(=O)[nH]1. The fraction of sp³-hybridized carbons (Fsp3) is 0.643. The van der Waals surface area contributed by atoms with E-state index < -0.39 is 25.0 Å². The van der Waals surface area contributed by atoms with Crippen LogP contribution in [0.15, 0.2) is 4.79 Å². The quantitative estimate of drug-likeness (QED) is 0.896. The second-order valence-electron chi connectivity index (χ2n) is 5.44. The molecule has 0 spiro atoms. The number of H-pyrrole nitrogens is 1. The predicted molar refractivity (Wildman–Crippen MR) is 75.0 cm³/mol. The number of carbonyl (C=O) groups is 1. The van der Waals surface area contributed by atoms with Crippen LogP contribution in [0.25, 0.3) is 0 Å². The molecule has 0 atom stereocenters. The minimum Gasteiger partial charge on any atom is -0.373 e. The van der Waals surface area contributed by atoms with Crippen LogP contribution < -0.4 is 5.56 Å². The van der Waals surface area contributed by atoms with E-state index in [1.165, 1.54) is 0 Å². The van der Waals surface area contributed by atoms with Gasteiger partial charge in [-0.15, -0.1) is 0 Å². The van der Waals surface area contributed by atoms with Crippen molar-refractivity contribution in [1.29, 1.82) is 0 Å². The number of ether oxygens (including phenoxy) is 1. The van der Waals surface area contributed by atoms with Crippen LogP contribution in [0.1, 0.15) is 23.5 Å². The van der Waals surface area contributed by atoms with Gasteiger partial charge in [0.1, 0.15) is 12.4 Å². The van der Waals surface area contributed by atoms with Crippen LogP contribution >= 0.6 is 0 Å². The molecule has 1 amide bonds. The summed E-state index contributed by atoms with van der Waals surface area (Å²) in [6.45, 7) is 2.27. The number of aromatic nitrogens is 2. The first-order valence-corrected chi connectivity index (χ1v) is 7.08. The molecule has 1 aliphatic rings. The lowest BCUT2D eigenvalue weighted by molar-refractivity contribution is -0.135. The summed E-state index contributed by atoms with van der Waals surface area (Å²) < 4.78 is 31.6. The summed E-state index contributed by atoms with van der Waals surface area (Å²) in [6.07, 6.45) is 0.168. The van der Waals surface area contributed by atoms with Gasteiger partial charge < -0.3 is 14.6 Å². The largest absolute Gasteiger partial charge is 0.373 e. The molecule has 6 nitrogen and oxygen atoms in total. The molecule has 1 saturated heterocycles. The second kappa shape index (κ2) is 6.51. The van der Waals surface area contributed by atoms with Gasteiger partial charge in [-0.25, -0.2) is 13.8 Å². The number of nitrogens with zero attached hydrogens (tertiary/aromatic N) is 2. The normalized spacial score (nSPS) is 18.1. The van der Waals surface area contributed by atoms with Crippen LogP contribution in [-0.4, -0.2) is 53.0 Å². The molecule has 2 rings (SSSR count). The Morgan fingerprint density at radius 3 is 2.86 bits per heavy atom. The van der Waals surface area contributed by atoms with Gasteiger partial charge in [0.15, 0.2) is 0 Å². The molecular weight excluding hydrogens is 296 g/mol. The van der Waals surface area contributed by atoms with Crippen LogP contribution in [0, 0.1) is 13.8 Å². The van der Waals surface area contributed by atoms with Crippen molar-refractivity contribution < 1.29 is 18.3 Å². The molecular formula is C14H19F2N3O3. The molecule has 22 heavy (non-hydrogen) atoms. The standard InChI is InChI=1S/C14H19F2N3O3/c1-9-11(13(21)18-10(2)17-9)3-4-12(20)19-5-6-22-8-14(15,16)7-19/h3-8H2,1-2H3,(H,17,18,21). The third-order valence-corrected chi connectivity index (χ3v) is 3.52. The lowest BCUT2D eigenvalue weighted by atomic mass is 10.1. The van der Waals surface area contributed by atoms with Crippen LogP contribution in [-0.2, 0) is 16.0 Å². The molecule has 1 aliphatic heterocycles. The maximum Gasteiger partial charge on any atom is 0.288 e. The number of aromatic amines is 1. The summed E-state index contributed by atoms with van der Waals surface area (Å²) in [5.74, 6) is -2.95. The summed E-state index contributed by atoms with van der Waals surface area (Å²) in [5.41, 5.74) is 0.678. The van der Waals surface area contributed by atoms with E-state index in [1.807, 2.05) is 0 Å². The number of hydrogen-bond donors (Lipinski definition) is 1. The Kier molecular flexibility index (Phi) is 4.90. The van der Waals surface area contributed by atoms with E-state index in [-0.39, 0.29) is 31.6 Å². The number of hydrogen-bond acceptors (Lipinski definition) is 4. The molecule has 0 bridgehead atoms. The van der Waals surface area contributed by atoms with Crippen molar-refractivity contribution in [2.45, 2.75) is 32.6 Å². The Balaban J connectivity index is 2.02. The zero-order valence-corrected chi connectivity index (χ0v) is 12.6. The molecule has 0 aromatic carbocycles. The number of amides is 1. The van der Waals surface area contributed by atoms with E-state index in [4.69, 9.17) is 4.74 Å². The highest BCUT2D eigenvalue weighted by molar-refractivity contribution is 5.76. The van der Waals surface area contributed by atoms with Gasteiger partial charge in [0, 0.05) is 24.2 Å². The summed E-state index contributed by atoms with van der Waals surface area (Å²) in [6, 6.07) is 0. The molecule has 1 aromatic rings. The monoisotopic (exact) mass is 315 g/mol. The van der Waals surface area contributed by atoms with Crippen molar-refractivity contribution in [3.63, 3.8) is 0 Å². The van der Waals surface area contributed by atoms with E-state index in [0.29, 0.717) is 17.1 Å². The molecule has 1 N–H and O–H groups in total. The van der Waals surface area contributed by atoms with E-state index in [1.54, 1.807) is 13.8 Å². The van der Waals surface area contributed by atoms with Gasteiger partial charge >= 0.3 is 0 Å². The van der Waals surface area contributed by atoms with Crippen LogP contribution in [0.3, 0.4) is 0 Å². The van der Waals surface area contributed by atoms with Crippen molar-refractivity contribution in [1.82, 2.24) is 14.9 Å². The molecule has 2 heterocycles. The van der Waals surface area contributed by atoms with E-state index in [2.05, 4.69) is 9.97 Å². The third kappa shape index (κ3) is 4.09. The fourth-order valence-corrected chi connectivity index (χ4v) is 2.45.